The Morgan fingerprint density at radius 1 is 1.17 bits per heavy atom. The van der Waals surface area contributed by atoms with Crippen LogP contribution in [0.3, 0.4) is 0 Å². The van der Waals surface area contributed by atoms with Gasteiger partial charge in [0.1, 0.15) is 11.4 Å². The van der Waals surface area contributed by atoms with Crippen LogP contribution in [0.5, 0.6) is 0 Å². The Labute approximate surface area is 143 Å². The van der Waals surface area contributed by atoms with Crippen LogP contribution in [0, 0.1) is 5.82 Å². The highest BCUT2D eigenvalue weighted by Gasteiger charge is 2.52. The molecule has 1 amide bonds. The molecule has 1 aliphatic heterocycles. The first kappa shape index (κ1) is 18.7. The van der Waals surface area contributed by atoms with Crippen LogP contribution < -0.4 is 10.8 Å². The number of benzene rings is 1. The summed E-state index contributed by atoms with van der Waals surface area (Å²) in [6.45, 7) is 12.8. The SMILES string of the molecule is CC(C)(C)OC(=O)Nc1cccc(B2OC(C)(C)C(C)(C)O2)c1F. The van der Waals surface area contributed by atoms with Gasteiger partial charge in [0.2, 0.25) is 0 Å². The summed E-state index contributed by atoms with van der Waals surface area (Å²) in [6.07, 6.45) is -0.715. The van der Waals surface area contributed by atoms with Crippen LogP contribution >= 0.6 is 0 Å². The van der Waals surface area contributed by atoms with E-state index in [1.807, 2.05) is 27.7 Å². The molecule has 7 heteroatoms. The average molecular weight is 337 g/mol. The van der Waals surface area contributed by atoms with Crippen molar-refractivity contribution in [3.05, 3.63) is 24.0 Å². The lowest BCUT2D eigenvalue weighted by molar-refractivity contribution is 0.00578. The van der Waals surface area contributed by atoms with E-state index in [0.717, 1.165) is 0 Å². The van der Waals surface area contributed by atoms with Crippen molar-refractivity contribution in [3.63, 3.8) is 0 Å². The Morgan fingerprint density at radius 3 is 2.21 bits per heavy atom. The molecule has 0 bridgehead atoms. The van der Waals surface area contributed by atoms with Gasteiger partial charge in [0, 0.05) is 5.46 Å². The van der Waals surface area contributed by atoms with Crippen molar-refractivity contribution in [1.29, 1.82) is 0 Å². The lowest BCUT2D eigenvalue weighted by Gasteiger charge is -2.32. The van der Waals surface area contributed by atoms with E-state index in [1.54, 1.807) is 32.9 Å². The molecule has 0 radical (unpaired) electrons. The molecule has 0 aliphatic carbocycles. The van der Waals surface area contributed by atoms with Gasteiger partial charge in [-0.3, -0.25) is 5.32 Å². The van der Waals surface area contributed by atoms with Crippen molar-refractivity contribution in [3.8, 4) is 0 Å². The number of hydrogen-bond acceptors (Lipinski definition) is 4. The molecule has 24 heavy (non-hydrogen) atoms. The van der Waals surface area contributed by atoms with Crippen LogP contribution in [-0.4, -0.2) is 30.0 Å². The van der Waals surface area contributed by atoms with Gasteiger partial charge >= 0.3 is 13.2 Å². The predicted octanol–water partition coefficient (Wildman–Crippen LogP) is 3.47. The molecule has 1 aromatic rings. The van der Waals surface area contributed by atoms with E-state index in [0.29, 0.717) is 0 Å². The Bertz CT molecular complexity index is 624. The summed E-state index contributed by atoms with van der Waals surface area (Å²) >= 11 is 0. The van der Waals surface area contributed by atoms with Crippen LogP contribution in [0.2, 0.25) is 0 Å². The molecule has 1 saturated heterocycles. The fraction of sp³-hybridized carbons (Fsp3) is 0.588. The van der Waals surface area contributed by atoms with Crippen molar-refractivity contribution in [1.82, 2.24) is 0 Å². The van der Waals surface area contributed by atoms with Crippen molar-refractivity contribution < 1.29 is 23.2 Å². The number of carbonyl (C=O) groups is 1. The third-order valence-corrected chi connectivity index (χ3v) is 4.17. The van der Waals surface area contributed by atoms with Crippen molar-refractivity contribution in [2.75, 3.05) is 5.32 Å². The minimum atomic E-state index is -0.838. The van der Waals surface area contributed by atoms with Gasteiger partial charge in [-0.1, -0.05) is 12.1 Å². The zero-order valence-electron chi connectivity index (χ0n) is 15.3. The Morgan fingerprint density at radius 2 is 1.71 bits per heavy atom. The number of rotatable bonds is 2. The summed E-state index contributed by atoms with van der Waals surface area (Å²) in [6, 6.07) is 4.68. The second-order valence-corrected chi connectivity index (χ2v) is 7.92. The highest BCUT2D eigenvalue weighted by Crippen LogP contribution is 2.36. The largest absolute Gasteiger partial charge is 0.497 e. The number of nitrogens with one attached hydrogen (secondary N) is 1. The number of carbonyl (C=O) groups excluding carboxylic acids is 1. The molecule has 1 aromatic carbocycles. The Balaban J connectivity index is 2.22. The number of halogens is 1. The quantitative estimate of drug-likeness (QED) is 0.840. The van der Waals surface area contributed by atoms with Gasteiger partial charge in [0.25, 0.3) is 0 Å². The molecular formula is C17H25BFNO4. The fourth-order valence-electron chi connectivity index (χ4n) is 2.21. The fourth-order valence-corrected chi connectivity index (χ4v) is 2.21. The summed E-state index contributed by atoms with van der Waals surface area (Å²) < 4.78 is 31.7. The normalized spacial score (nSPS) is 19.2. The molecule has 0 spiro atoms. The molecule has 0 aromatic heterocycles. The molecule has 1 N–H and O–H groups in total. The van der Waals surface area contributed by atoms with Gasteiger partial charge in [0.15, 0.2) is 0 Å². The molecule has 1 heterocycles. The standard InChI is InChI=1S/C17H25BFNO4/c1-15(2,3)22-14(21)20-12-10-8-9-11(13(12)19)18-23-16(4,5)17(6,7)24-18/h8-10H,1-7H3,(H,20,21). The Kier molecular flexibility index (Phi) is 4.72. The van der Waals surface area contributed by atoms with Crippen LogP contribution in [0.15, 0.2) is 18.2 Å². The maximum Gasteiger partial charge on any atom is 0.497 e. The van der Waals surface area contributed by atoms with E-state index in [9.17, 15) is 9.18 Å². The molecule has 1 aliphatic rings. The predicted molar refractivity (Wildman–Crippen MR) is 92.0 cm³/mol. The van der Waals surface area contributed by atoms with Crippen LogP contribution in [-0.2, 0) is 14.0 Å². The van der Waals surface area contributed by atoms with Gasteiger partial charge in [0.05, 0.1) is 16.9 Å². The summed E-state index contributed by atoms with van der Waals surface area (Å²) in [5, 5.41) is 2.42. The van der Waals surface area contributed by atoms with Gasteiger partial charge in [-0.2, -0.15) is 0 Å². The summed E-state index contributed by atoms with van der Waals surface area (Å²) in [7, 11) is -0.838. The minimum Gasteiger partial charge on any atom is -0.444 e. The van der Waals surface area contributed by atoms with Crippen LogP contribution in [0.25, 0.3) is 0 Å². The smallest absolute Gasteiger partial charge is 0.444 e. The number of amides is 1. The first-order valence-electron chi connectivity index (χ1n) is 7.96. The third-order valence-electron chi connectivity index (χ3n) is 4.17. The van der Waals surface area contributed by atoms with Crippen LogP contribution in [0.1, 0.15) is 48.5 Å². The molecular weight excluding hydrogens is 312 g/mol. The van der Waals surface area contributed by atoms with Gasteiger partial charge in [-0.15, -0.1) is 0 Å². The lowest BCUT2D eigenvalue weighted by Crippen LogP contribution is -2.41. The highest BCUT2D eigenvalue weighted by molar-refractivity contribution is 6.62. The second-order valence-electron chi connectivity index (χ2n) is 7.92. The molecule has 1 fully saturated rings. The van der Waals surface area contributed by atoms with Gasteiger partial charge < -0.3 is 14.0 Å². The number of anilines is 1. The first-order valence-corrected chi connectivity index (χ1v) is 7.96. The van der Waals surface area contributed by atoms with E-state index in [-0.39, 0.29) is 11.2 Å². The van der Waals surface area contributed by atoms with E-state index in [4.69, 9.17) is 14.0 Å². The second kappa shape index (κ2) is 6.04. The number of hydrogen-bond donors (Lipinski definition) is 1. The van der Waals surface area contributed by atoms with Gasteiger partial charge in [-0.05, 0) is 54.5 Å². The molecule has 0 saturated carbocycles. The third kappa shape index (κ3) is 3.90. The van der Waals surface area contributed by atoms with E-state index < -0.39 is 35.8 Å². The van der Waals surface area contributed by atoms with Gasteiger partial charge in [-0.25, -0.2) is 9.18 Å². The minimum absolute atomic E-state index is 0.0245. The topological polar surface area (TPSA) is 56.8 Å². The van der Waals surface area contributed by atoms with Crippen molar-refractivity contribution >= 4 is 24.4 Å². The Hall–Kier alpha value is -1.60. The molecule has 132 valence electrons. The van der Waals surface area contributed by atoms with Crippen LogP contribution in [0.4, 0.5) is 14.9 Å². The molecule has 0 atom stereocenters. The van der Waals surface area contributed by atoms with Crippen molar-refractivity contribution in [2.24, 2.45) is 0 Å². The van der Waals surface area contributed by atoms with Crippen molar-refractivity contribution in [2.45, 2.75) is 65.3 Å². The molecule has 0 unspecified atom stereocenters. The van der Waals surface area contributed by atoms with E-state index in [1.165, 1.54) is 6.07 Å². The highest BCUT2D eigenvalue weighted by atomic mass is 19.1. The summed E-state index contributed by atoms with van der Waals surface area (Å²) in [4.78, 5) is 11.9. The van der Waals surface area contributed by atoms with E-state index in [2.05, 4.69) is 5.32 Å². The first-order chi connectivity index (χ1) is 10.8. The molecule has 5 nitrogen and oxygen atoms in total. The van der Waals surface area contributed by atoms with E-state index >= 15 is 0 Å². The maximum absolute atomic E-state index is 14.8. The monoisotopic (exact) mass is 337 g/mol. The zero-order valence-corrected chi connectivity index (χ0v) is 15.3. The average Bonchev–Trinajstić information content (AvgIpc) is 2.58. The molecule has 2 rings (SSSR count). The summed E-state index contributed by atoms with van der Waals surface area (Å²) in [5.74, 6) is -0.596. The lowest BCUT2D eigenvalue weighted by atomic mass is 9.78. The summed E-state index contributed by atoms with van der Waals surface area (Å²) in [5.41, 5.74) is -1.54. The number of ether oxygens (including phenoxy) is 1. The maximum atomic E-state index is 14.8. The zero-order chi connectivity index (χ0) is 18.3.